The molecular formula is C14H25N3O. The van der Waals surface area contributed by atoms with Crippen LogP contribution in [0.15, 0.2) is 24.3 Å². The third-order valence-electron chi connectivity index (χ3n) is 2.87. The average molecular weight is 251 g/mol. The molecule has 0 radical (unpaired) electrons. The van der Waals surface area contributed by atoms with Gasteiger partial charge in [0.05, 0.1) is 6.61 Å². The quantitative estimate of drug-likeness (QED) is 0.641. The topological polar surface area (TPSA) is 73.3 Å². The van der Waals surface area contributed by atoms with Gasteiger partial charge >= 0.3 is 0 Å². The first-order valence-electron chi connectivity index (χ1n) is 6.57. The predicted octanol–water partition coefficient (Wildman–Crippen LogP) is 0.892. The Labute approximate surface area is 110 Å². The van der Waals surface area contributed by atoms with Crippen molar-refractivity contribution < 1.29 is 4.74 Å². The number of hydrogen-bond donors (Lipinski definition) is 3. The van der Waals surface area contributed by atoms with Gasteiger partial charge in [-0.1, -0.05) is 12.1 Å². The lowest BCUT2D eigenvalue weighted by Gasteiger charge is -2.21. The van der Waals surface area contributed by atoms with Crippen LogP contribution in [-0.4, -0.2) is 31.8 Å². The number of nitrogens with one attached hydrogen (secondary N) is 1. The molecule has 0 aliphatic rings. The second-order valence-corrected chi connectivity index (χ2v) is 4.52. The SMILES string of the molecule is CCOc1ccc(C[C@@H](CN)N[C@H](C)CN)cc1. The Balaban J connectivity index is 2.53. The molecule has 0 saturated carbocycles. The smallest absolute Gasteiger partial charge is 0.119 e. The molecule has 4 nitrogen and oxygen atoms in total. The Morgan fingerprint density at radius 2 is 1.83 bits per heavy atom. The molecule has 0 unspecified atom stereocenters. The highest BCUT2D eigenvalue weighted by molar-refractivity contribution is 5.27. The van der Waals surface area contributed by atoms with Gasteiger partial charge in [0.25, 0.3) is 0 Å². The zero-order valence-corrected chi connectivity index (χ0v) is 11.4. The third kappa shape index (κ3) is 5.04. The van der Waals surface area contributed by atoms with Crippen molar-refractivity contribution in [1.82, 2.24) is 5.32 Å². The normalized spacial score (nSPS) is 14.2. The minimum absolute atomic E-state index is 0.265. The Hall–Kier alpha value is -1.10. The van der Waals surface area contributed by atoms with Gasteiger partial charge in [-0.15, -0.1) is 0 Å². The van der Waals surface area contributed by atoms with Gasteiger partial charge in [0, 0.05) is 25.2 Å². The number of nitrogens with two attached hydrogens (primary N) is 2. The number of hydrogen-bond acceptors (Lipinski definition) is 4. The first kappa shape index (κ1) is 15.0. The summed E-state index contributed by atoms with van der Waals surface area (Å²) in [5, 5.41) is 3.42. The van der Waals surface area contributed by atoms with E-state index in [9.17, 15) is 0 Å². The van der Waals surface area contributed by atoms with Crippen LogP contribution in [0.25, 0.3) is 0 Å². The van der Waals surface area contributed by atoms with Crippen LogP contribution in [0.3, 0.4) is 0 Å². The summed E-state index contributed by atoms with van der Waals surface area (Å²) in [5.74, 6) is 0.911. The molecule has 102 valence electrons. The summed E-state index contributed by atoms with van der Waals surface area (Å²) in [7, 11) is 0. The van der Waals surface area contributed by atoms with Crippen LogP contribution in [-0.2, 0) is 6.42 Å². The zero-order chi connectivity index (χ0) is 13.4. The van der Waals surface area contributed by atoms with Crippen molar-refractivity contribution in [2.45, 2.75) is 32.4 Å². The Bertz CT molecular complexity index is 326. The van der Waals surface area contributed by atoms with E-state index in [1.807, 2.05) is 19.1 Å². The fourth-order valence-electron chi connectivity index (χ4n) is 1.85. The molecule has 0 heterocycles. The monoisotopic (exact) mass is 251 g/mol. The van der Waals surface area contributed by atoms with Gasteiger partial charge in [0.15, 0.2) is 0 Å². The molecule has 0 saturated heterocycles. The predicted molar refractivity (Wildman–Crippen MR) is 75.8 cm³/mol. The largest absolute Gasteiger partial charge is 0.494 e. The Morgan fingerprint density at radius 3 is 2.33 bits per heavy atom. The lowest BCUT2D eigenvalue weighted by atomic mass is 10.0. The molecule has 1 aromatic carbocycles. The van der Waals surface area contributed by atoms with E-state index in [1.165, 1.54) is 5.56 Å². The lowest BCUT2D eigenvalue weighted by molar-refractivity contribution is 0.340. The standard InChI is InChI=1S/C14H25N3O/c1-3-18-14-6-4-12(5-7-14)8-13(10-16)17-11(2)9-15/h4-7,11,13,17H,3,8-10,15-16H2,1-2H3/t11-,13+/m1/s1. The second-order valence-electron chi connectivity index (χ2n) is 4.52. The molecule has 1 aromatic rings. The highest BCUT2D eigenvalue weighted by atomic mass is 16.5. The molecule has 18 heavy (non-hydrogen) atoms. The van der Waals surface area contributed by atoms with E-state index in [4.69, 9.17) is 16.2 Å². The molecule has 0 bridgehead atoms. The van der Waals surface area contributed by atoms with Crippen LogP contribution in [0.4, 0.5) is 0 Å². The average Bonchev–Trinajstić information content (AvgIpc) is 2.40. The van der Waals surface area contributed by atoms with Gasteiger partial charge < -0.3 is 21.5 Å². The Morgan fingerprint density at radius 1 is 1.17 bits per heavy atom. The van der Waals surface area contributed by atoms with Crippen molar-refractivity contribution in [3.63, 3.8) is 0 Å². The molecule has 0 aromatic heterocycles. The van der Waals surface area contributed by atoms with Gasteiger partial charge in [-0.05, 0) is 38.0 Å². The van der Waals surface area contributed by atoms with Crippen molar-refractivity contribution in [3.8, 4) is 5.75 Å². The molecule has 5 N–H and O–H groups in total. The van der Waals surface area contributed by atoms with E-state index >= 15 is 0 Å². The van der Waals surface area contributed by atoms with Crippen LogP contribution >= 0.6 is 0 Å². The van der Waals surface area contributed by atoms with Crippen molar-refractivity contribution in [2.24, 2.45) is 11.5 Å². The summed E-state index contributed by atoms with van der Waals surface area (Å²) >= 11 is 0. The van der Waals surface area contributed by atoms with Crippen LogP contribution in [0.1, 0.15) is 19.4 Å². The van der Waals surface area contributed by atoms with Crippen molar-refractivity contribution in [1.29, 1.82) is 0 Å². The molecule has 0 aliphatic carbocycles. The maximum Gasteiger partial charge on any atom is 0.119 e. The highest BCUT2D eigenvalue weighted by Gasteiger charge is 2.10. The summed E-state index contributed by atoms with van der Waals surface area (Å²) < 4.78 is 5.42. The van der Waals surface area contributed by atoms with Crippen molar-refractivity contribution in [3.05, 3.63) is 29.8 Å². The summed E-state index contributed by atoms with van der Waals surface area (Å²) in [6.45, 7) is 5.98. The van der Waals surface area contributed by atoms with Crippen LogP contribution in [0.2, 0.25) is 0 Å². The van der Waals surface area contributed by atoms with E-state index < -0.39 is 0 Å². The van der Waals surface area contributed by atoms with Crippen molar-refractivity contribution in [2.75, 3.05) is 19.7 Å². The summed E-state index contributed by atoms with van der Waals surface area (Å²) in [5.41, 5.74) is 12.6. The molecule has 2 atom stereocenters. The van der Waals surface area contributed by atoms with E-state index in [0.29, 0.717) is 25.7 Å². The first-order valence-corrected chi connectivity index (χ1v) is 6.57. The van der Waals surface area contributed by atoms with Gasteiger partial charge in [-0.2, -0.15) is 0 Å². The van der Waals surface area contributed by atoms with E-state index in [2.05, 4.69) is 24.4 Å². The molecule has 1 rings (SSSR count). The first-order chi connectivity index (χ1) is 8.69. The summed E-state index contributed by atoms with van der Waals surface area (Å²) in [6, 6.07) is 8.73. The third-order valence-corrected chi connectivity index (χ3v) is 2.87. The molecular weight excluding hydrogens is 226 g/mol. The van der Waals surface area contributed by atoms with E-state index in [1.54, 1.807) is 0 Å². The molecule has 4 heteroatoms. The summed E-state index contributed by atoms with van der Waals surface area (Å²) in [6.07, 6.45) is 0.910. The van der Waals surface area contributed by atoms with E-state index in [-0.39, 0.29) is 6.04 Å². The maximum absolute atomic E-state index is 5.77. The van der Waals surface area contributed by atoms with Gasteiger partial charge in [0.2, 0.25) is 0 Å². The minimum atomic E-state index is 0.265. The molecule has 0 amide bonds. The highest BCUT2D eigenvalue weighted by Crippen LogP contribution is 2.13. The number of rotatable bonds is 8. The van der Waals surface area contributed by atoms with E-state index in [0.717, 1.165) is 12.2 Å². The number of benzene rings is 1. The lowest BCUT2D eigenvalue weighted by Crippen LogP contribution is -2.45. The van der Waals surface area contributed by atoms with Gasteiger partial charge in [-0.3, -0.25) is 0 Å². The molecule has 0 fully saturated rings. The van der Waals surface area contributed by atoms with Crippen molar-refractivity contribution >= 4 is 0 Å². The zero-order valence-electron chi connectivity index (χ0n) is 11.4. The van der Waals surface area contributed by atoms with Gasteiger partial charge in [-0.25, -0.2) is 0 Å². The maximum atomic E-state index is 5.77. The number of ether oxygens (including phenoxy) is 1. The Kier molecular flexibility index (Phi) is 6.72. The van der Waals surface area contributed by atoms with Gasteiger partial charge in [0.1, 0.15) is 5.75 Å². The fraction of sp³-hybridized carbons (Fsp3) is 0.571. The van der Waals surface area contributed by atoms with Crippen LogP contribution in [0, 0.1) is 0 Å². The molecule has 0 aliphatic heterocycles. The minimum Gasteiger partial charge on any atom is -0.494 e. The molecule has 0 spiro atoms. The fourth-order valence-corrected chi connectivity index (χ4v) is 1.85. The summed E-state index contributed by atoms with van der Waals surface area (Å²) in [4.78, 5) is 0. The van der Waals surface area contributed by atoms with Crippen LogP contribution in [0.5, 0.6) is 5.75 Å². The van der Waals surface area contributed by atoms with Crippen LogP contribution < -0.4 is 21.5 Å². The second kappa shape index (κ2) is 8.08.